The lowest BCUT2D eigenvalue weighted by molar-refractivity contribution is 0.0945. The summed E-state index contributed by atoms with van der Waals surface area (Å²) in [6, 6.07) is 15.0. The van der Waals surface area contributed by atoms with Gasteiger partial charge in [0.25, 0.3) is 5.91 Å². The second-order valence-corrected chi connectivity index (χ2v) is 5.82. The molecule has 1 amide bonds. The van der Waals surface area contributed by atoms with Crippen LogP contribution >= 0.6 is 0 Å². The van der Waals surface area contributed by atoms with Crippen LogP contribution in [-0.4, -0.2) is 23.0 Å². The average Bonchev–Trinajstić information content (AvgIpc) is 2.66. The summed E-state index contributed by atoms with van der Waals surface area (Å²) in [6.07, 6.45) is 0. The number of halogens is 1. The minimum Gasteiger partial charge on any atom is -0.496 e. The molecule has 0 radical (unpaired) electrons. The number of anilines is 2. The predicted molar refractivity (Wildman–Crippen MR) is 101 cm³/mol. The summed E-state index contributed by atoms with van der Waals surface area (Å²) < 4.78 is 18.6. The first kappa shape index (κ1) is 18.3. The van der Waals surface area contributed by atoms with Crippen molar-refractivity contribution in [3.05, 3.63) is 77.5 Å². The Bertz CT molecular complexity index is 962. The average molecular weight is 366 g/mol. The van der Waals surface area contributed by atoms with E-state index in [1.54, 1.807) is 26.2 Å². The molecule has 0 aliphatic carbocycles. The van der Waals surface area contributed by atoms with Gasteiger partial charge in [0.2, 0.25) is 0 Å². The molecule has 0 fully saturated rings. The molecule has 6 nitrogen and oxygen atoms in total. The number of methoxy groups -OCH3 is 1. The van der Waals surface area contributed by atoms with Gasteiger partial charge in [-0.2, -0.15) is 0 Å². The van der Waals surface area contributed by atoms with E-state index in [1.165, 1.54) is 18.2 Å². The quantitative estimate of drug-likeness (QED) is 0.697. The van der Waals surface area contributed by atoms with Crippen molar-refractivity contribution in [2.45, 2.75) is 13.5 Å². The molecule has 3 rings (SSSR count). The van der Waals surface area contributed by atoms with Crippen LogP contribution in [0.15, 0.2) is 54.6 Å². The Morgan fingerprint density at radius 2 is 1.93 bits per heavy atom. The van der Waals surface area contributed by atoms with Crippen LogP contribution in [0.2, 0.25) is 0 Å². The number of hydrogen-bond donors (Lipinski definition) is 2. The third-order valence-corrected chi connectivity index (χ3v) is 3.80. The zero-order valence-electron chi connectivity index (χ0n) is 15.0. The molecule has 1 aromatic heterocycles. The number of carbonyl (C=O) groups excluding carboxylic acids is 1. The van der Waals surface area contributed by atoms with Crippen molar-refractivity contribution >= 4 is 17.4 Å². The fourth-order valence-electron chi connectivity index (χ4n) is 2.58. The summed E-state index contributed by atoms with van der Waals surface area (Å²) >= 11 is 0. The number of ether oxygens (including phenoxy) is 1. The van der Waals surface area contributed by atoms with E-state index in [-0.39, 0.29) is 17.4 Å². The first-order valence-electron chi connectivity index (χ1n) is 8.33. The van der Waals surface area contributed by atoms with Crippen molar-refractivity contribution in [3.63, 3.8) is 0 Å². The van der Waals surface area contributed by atoms with Gasteiger partial charge in [0, 0.05) is 23.9 Å². The summed E-state index contributed by atoms with van der Waals surface area (Å²) in [6.45, 7) is 1.99. The number of amides is 1. The van der Waals surface area contributed by atoms with Crippen molar-refractivity contribution in [3.8, 4) is 5.75 Å². The minimum absolute atomic E-state index is 0.219. The van der Waals surface area contributed by atoms with Gasteiger partial charge in [0.05, 0.1) is 7.11 Å². The molecule has 138 valence electrons. The van der Waals surface area contributed by atoms with E-state index in [9.17, 15) is 9.18 Å². The second-order valence-electron chi connectivity index (χ2n) is 5.82. The molecule has 0 saturated heterocycles. The molecule has 0 aliphatic rings. The fraction of sp³-hybridized carbons (Fsp3) is 0.150. The Morgan fingerprint density at radius 1 is 1.11 bits per heavy atom. The molecule has 1 heterocycles. The lowest BCUT2D eigenvalue weighted by atomic mass is 10.2. The number of nitrogens with zero attached hydrogens (tertiary/aromatic N) is 2. The van der Waals surface area contributed by atoms with E-state index in [2.05, 4.69) is 20.6 Å². The van der Waals surface area contributed by atoms with Gasteiger partial charge in [-0.3, -0.25) is 4.79 Å². The van der Waals surface area contributed by atoms with Gasteiger partial charge in [-0.05, 0) is 31.2 Å². The first-order valence-corrected chi connectivity index (χ1v) is 8.33. The molecule has 0 spiro atoms. The van der Waals surface area contributed by atoms with Crippen LogP contribution in [0.1, 0.15) is 21.9 Å². The lowest BCUT2D eigenvalue weighted by Crippen LogP contribution is -2.24. The lowest BCUT2D eigenvalue weighted by Gasteiger charge is -2.11. The third-order valence-electron chi connectivity index (χ3n) is 3.80. The SMILES string of the molecule is COc1ccccc1CNC(=O)c1cc(Nc2cccc(F)c2)nc(C)n1. The van der Waals surface area contributed by atoms with Gasteiger partial charge >= 0.3 is 0 Å². The van der Waals surface area contributed by atoms with Crippen LogP contribution in [0, 0.1) is 12.7 Å². The maximum atomic E-state index is 13.3. The van der Waals surface area contributed by atoms with E-state index in [0.29, 0.717) is 29.6 Å². The zero-order valence-corrected chi connectivity index (χ0v) is 15.0. The van der Waals surface area contributed by atoms with Gasteiger partial charge < -0.3 is 15.4 Å². The topological polar surface area (TPSA) is 76.1 Å². The standard InChI is InChI=1S/C20H19FN4O2/c1-13-23-17(11-19(24-13)25-16-8-5-7-15(21)10-16)20(26)22-12-14-6-3-4-9-18(14)27-2/h3-11H,12H2,1-2H3,(H,22,26)(H,23,24,25). The third kappa shape index (κ3) is 4.78. The summed E-state index contributed by atoms with van der Waals surface area (Å²) in [5, 5.41) is 5.80. The molecule has 0 atom stereocenters. The Balaban J connectivity index is 1.74. The number of aromatic nitrogens is 2. The zero-order chi connectivity index (χ0) is 19.2. The van der Waals surface area contributed by atoms with Crippen LogP contribution < -0.4 is 15.4 Å². The Labute approximate surface area is 156 Å². The monoisotopic (exact) mass is 366 g/mol. The highest BCUT2D eigenvalue weighted by atomic mass is 19.1. The molecule has 7 heteroatoms. The van der Waals surface area contributed by atoms with Crippen LogP contribution in [-0.2, 0) is 6.54 Å². The maximum absolute atomic E-state index is 13.3. The first-order chi connectivity index (χ1) is 13.0. The normalized spacial score (nSPS) is 10.3. The minimum atomic E-state index is -0.361. The van der Waals surface area contributed by atoms with Gasteiger partial charge in [-0.25, -0.2) is 14.4 Å². The number of hydrogen-bond acceptors (Lipinski definition) is 5. The predicted octanol–water partition coefficient (Wildman–Crippen LogP) is 3.61. The fourth-order valence-corrected chi connectivity index (χ4v) is 2.58. The highest BCUT2D eigenvalue weighted by Crippen LogP contribution is 2.18. The summed E-state index contributed by atoms with van der Waals surface area (Å²) in [5.74, 6) is 0.841. The Morgan fingerprint density at radius 3 is 2.70 bits per heavy atom. The van der Waals surface area contributed by atoms with Crippen LogP contribution in [0.3, 0.4) is 0 Å². The summed E-state index contributed by atoms with van der Waals surface area (Å²) in [5.41, 5.74) is 1.61. The number of para-hydroxylation sites is 1. The molecule has 27 heavy (non-hydrogen) atoms. The molecule has 0 unspecified atom stereocenters. The Kier molecular flexibility index (Phi) is 5.61. The maximum Gasteiger partial charge on any atom is 0.270 e. The van der Waals surface area contributed by atoms with Crippen molar-refractivity contribution in [1.82, 2.24) is 15.3 Å². The second kappa shape index (κ2) is 8.27. The molecule has 3 aromatic rings. The van der Waals surface area contributed by atoms with Crippen molar-refractivity contribution in [2.24, 2.45) is 0 Å². The smallest absolute Gasteiger partial charge is 0.270 e. The van der Waals surface area contributed by atoms with E-state index in [1.807, 2.05) is 24.3 Å². The molecule has 0 aliphatic heterocycles. The van der Waals surface area contributed by atoms with Gasteiger partial charge in [0.15, 0.2) is 0 Å². The Hall–Kier alpha value is -3.48. The van der Waals surface area contributed by atoms with E-state index in [4.69, 9.17) is 4.74 Å². The van der Waals surface area contributed by atoms with Crippen LogP contribution in [0.5, 0.6) is 5.75 Å². The number of nitrogens with one attached hydrogen (secondary N) is 2. The molecular formula is C20H19FN4O2. The summed E-state index contributed by atoms with van der Waals surface area (Å²) in [4.78, 5) is 20.9. The number of benzene rings is 2. The highest BCUT2D eigenvalue weighted by Gasteiger charge is 2.12. The highest BCUT2D eigenvalue weighted by molar-refractivity contribution is 5.93. The summed E-state index contributed by atoms with van der Waals surface area (Å²) in [7, 11) is 1.58. The molecule has 0 bridgehead atoms. The molecule has 0 saturated carbocycles. The molecule has 2 N–H and O–H groups in total. The van der Waals surface area contributed by atoms with E-state index >= 15 is 0 Å². The molecule has 2 aromatic carbocycles. The van der Waals surface area contributed by atoms with E-state index < -0.39 is 0 Å². The van der Waals surface area contributed by atoms with Crippen molar-refractivity contribution in [2.75, 3.05) is 12.4 Å². The van der Waals surface area contributed by atoms with Gasteiger partial charge in [0.1, 0.15) is 28.9 Å². The van der Waals surface area contributed by atoms with Crippen molar-refractivity contribution in [1.29, 1.82) is 0 Å². The number of carbonyl (C=O) groups is 1. The number of aryl methyl sites for hydroxylation is 1. The van der Waals surface area contributed by atoms with Gasteiger partial charge in [-0.1, -0.05) is 24.3 Å². The van der Waals surface area contributed by atoms with E-state index in [0.717, 1.165) is 5.56 Å². The van der Waals surface area contributed by atoms with Crippen molar-refractivity contribution < 1.29 is 13.9 Å². The largest absolute Gasteiger partial charge is 0.496 e. The number of rotatable bonds is 6. The molecular weight excluding hydrogens is 347 g/mol. The van der Waals surface area contributed by atoms with Crippen LogP contribution in [0.4, 0.5) is 15.9 Å². The van der Waals surface area contributed by atoms with Crippen LogP contribution in [0.25, 0.3) is 0 Å². The van der Waals surface area contributed by atoms with Gasteiger partial charge in [-0.15, -0.1) is 0 Å².